The van der Waals surface area contributed by atoms with Gasteiger partial charge in [-0.15, -0.1) is 0 Å². The van der Waals surface area contributed by atoms with Gasteiger partial charge in [-0.2, -0.15) is 0 Å². The third-order valence-corrected chi connectivity index (χ3v) is 4.62. The molecule has 1 saturated carbocycles. The van der Waals surface area contributed by atoms with Gasteiger partial charge < -0.3 is 5.73 Å². The lowest BCUT2D eigenvalue weighted by Crippen LogP contribution is -2.27. The molecule has 17 heavy (non-hydrogen) atoms. The van der Waals surface area contributed by atoms with Gasteiger partial charge in [-0.25, -0.2) is 8.42 Å². The fraction of sp³-hybridized carbons (Fsp3) is 0.364. The van der Waals surface area contributed by atoms with E-state index in [4.69, 9.17) is 5.73 Å². The lowest BCUT2D eigenvalue weighted by molar-refractivity contribution is 0.594. The molecule has 0 spiro atoms. The van der Waals surface area contributed by atoms with E-state index in [9.17, 15) is 8.42 Å². The van der Waals surface area contributed by atoms with E-state index in [2.05, 4.69) is 9.71 Å². The van der Waals surface area contributed by atoms with Crippen LogP contribution in [0.2, 0.25) is 0 Å². The Bertz CT molecular complexity index is 603. The van der Waals surface area contributed by atoms with Crippen molar-refractivity contribution in [2.45, 2.75) is 23.3 Å². The van der Waals surface area contributed by atoms with Crippen LogP contribution < -0.4 is 10.5 Å². The van der Waals surface area contributed by atoms with Gasteiger partial charge in [0.2, 0.25) is 0 Å². The van der Waals surface area contributed by atoms with E-state index >= 15 is 0 Å². The molecule has 1 heterocycles. The Labute approximate surface area is 99.8 Å². The van der Waals surface area contributed by atoms with Gasteiger partial charge in [0.05, 0.1) is 10.4 Å². The lowest BCUT2D eigenvalue weighted by atomic mass is 10.2. The molecule has 0 unspecified atom stereocenters. The van der Waals surface area contributed by atoms with Crippen molar-refractivity contribution in [1.82, 2.24) is 4.72 Å². The summed E-state index contributed by atoms with van der Waals surface area (Å²) in [7, 11) is -3.43. The highest BCUT2D eigenvalue weighted by Gasteiger charge is 2.43. The van der Waals surface area contributed by atoms with Crippen molar-refractivity contribution >= 4 is 15.9 Å². The summed E-state index contributed by atoms with van der Waals surface area (Å²) < 4.78 is 26.2. The normalized spacial score (nSPS) is 25.4. The number of sulfonamides is 1. The minimum Gasteiger partial charge on any atom is -0.328 e. The first-order chi connectivity index (χ1) is 8.06. The Kier molecular flexibility index (Phi) is 2.08. The number of fused-ring (bicyclic) bond motifs is 1. The highest BCUT2D eigenvalue weighted by Crippen LogP contribution is 2.39. The molecule has 2 aliphatic rings. The second-order valence-electron chi connectivity index (χ2n) is 4.49. The molecule has 0 bridgehead atoms. The highest BCUT2D eigenvalue weighted by molar-refractivity contribution is 7.90. The molecule has 1 fully saturated rings. The predicted octanol–water partition coefficient (Wildman–Crippen LogP) is 0.216. The van der Waals surface area contributed by atoms with Crippen LogP contribution in [0, 0.1) is 0 Å². The van der Waals surface area contributed by atoms with E-state index in [1.807, 2.05) is 0 Å². The molecule has 0 amide bonds. The Hall–Kier alpha value is -1.40. The predicted molar refractivity (Wildman–Crippen MR) is 64.3 cm³/mol. The maximum atomic E-state index is 11.8. The number of nitrogens with one attached hydrogen (secondary N) is 1. The zero-order valence-corrected chi connectivity index (χ0v) is 10.00. The van der Waals surface area contributed by atoms with E-state index in [1.54, 1.807) is 24.3 Å². The van der Waals surface area contributed by atoms with Crippen molar-refractivity contribution in [3.05, 3.63) is 29.8 Å². The Morgan fingerprint density at radius 2 is 2.06 bits per heavy atom. The second-order valence-corrected chi connectivity index (χ2v) is 6.14. The van der Waals surface area contributed by atoms with Crippen LogP contribution in [-0.4, -0.2) is 26.3 Å². The van der Waals surface area contributed by atoms with Crippen molar-refractivity contribution in [1.29, 1.82) is 0 Å². The van der Waals surface area contributed by atoms with Gasteiger partial charge in [0.25, 0.3) is 10.0 Å². The minimum atomic E-state index is -3.43. The quantitative estimate of drug-likeness (QED) is 0.788. The molecule has 0 radical (unpaired) electrons. The maximum absolute atomic E-state index is 11.8. The van der Waals surface area contributed by atoms with Crippen molar-refractivity contribution in [3.8, 4) is 0 Å². The van der Waals surface area contributed by atoms with Crippen LogP contribution in [0.4, 0.5) is 0 Å². The zero-order chi connectivity index (χ0) is 12.1. The molecule has 3 rings (SSSR count). The average Bonchev–Trinajstić information content (AvgIpc) is 3.03. The Morgan fingerprint density at radius 3 is 2.71 bits per heavy atom. The summed E-state index contributed by atoms with van der Waals surface area (Å²) in [5.41, 5.74) is 6.05. The van der Waals surface area contributed by atoms with Crippen LogP contribution in [0.15, 0.2) is 34.2 Å². The number of hydrogen-bond acceptors (Lipinski definition) is 4. The van der Waals surface area contributed by atoms with Gasteiger partial charge in [0.15, 0.2) is 0 Å². The number of hydrogen-bond donors (Lipinski definition) is 2. The Balaban J connectivity index is 2.12. The van der Waals surface area contributed by atoms with Crippen molar-refractivity contribution in [2.24, 2.45) is 10.7 Å². The van der Waals surface area contributed by atoms with Gasteiger partial charge in [-0.3, -0.25) is 9.71 Å². The van der Waals surface area contributed by atoms with Crippen LogP contribution >= 0.6 is 0 Å². The summed E-state index contributed by atoms with van der Waals surface area (Å²) in [6.07, 6.45) is 1.85. The fourth-order valence-corrected chi connectivity index (χ4v) is 3.19. The molecule has 1 aliphatic heterocycles. The first-order valence-corrected chi connectivity index (χ1v) is 6.97. The number of amidine groups is 1. The van der Waals surface area contributed by atoms with Crippen LogP contribution in [0.25, 0.3) is 0 Å². The summed E-state index contributed by atoms with van der Waals surface area (Å²) in [5.74, 6) is 0.434. The molecule has 90 valence electrons. The second kappa shape index (κ2) is 3.30. The molecule has 0 aromatic heterocycles. The molecule has 6 heteroatoms. The summed E-state index contributed by atoms with van der Waals surface area (Å²) in [6.45, 7) is 0.459. The third kappa shape index (κ3) is 1.64. The van der Waals surface area contributed by atoms with Crippen LogP contribution in [0.3, 0.4) is 0 Å². The topological polar surface area (TPSA) is 84.5 Å². The van der Waals surface area contributed by atoms with E-state index < -0.39 is 10.0 Å². The average molecular weight is 251 g/mol. The van der Waals surface area contributed by atoms with E-state index in [0.717, 1.165) is 12.8 Å². The third-order valence-electron chi connectivity index (χ3n) is 3.22. The smallest absolute Gasteiger partial charge is 0.263 e. The molecule has 1 aromatic rings. The molecule has 5 nitrogen and oxygen atoms in total. The number of nitrogens with zero attached hydrogens (tertiary/aromatic N) is 1. The van der Waals surface area contributed by atoms with E-state index in [-0.39, 0.29) is 5.54 Å². The molecule has 0 atom stereocenters. The number of nitrogens with two attached hydrogens (primary N) is 1. The Morgan fingerprint density at radius 1 is 1.35 bits per heavy atom. The van der Waals surface area contributed by atoms with Gasteiger partial charge in [0, 0.05) is 12.1 Å². The maximum Gasteiger partial charge on any atom is 0.263 e. The number of benzene rings is 1. The van der Waals surface area contributed by atoms with Crippen molar-refractivity contribution < 1.29 is 8.42 Å². The molecular formula is C11H13N3O2S. The minimum absolute atomic E-state index is 0.241. The largest absolute Gasteiger partial charge is 0.328 e. The molecule has 1 aliphatic carbocycles. The standard InChI is InChI=1S/C11H13N3O2S/c12-7-11(5-6-11)13-10-8-3-1-2-4-9(8)17(15,16)14-10/h1-4H,5-7,12H2,(H,13,14). The van der Waals surface area contributed by atoms with Gasteiger partial charge in [0.1, 0.15) is 5.84 Å². The van der Waals surface area contributed by atoms with Gasteiger partial charge in [-0.1, -0.05) is 12.1 Å². The van der Waals surface area contributed by atoms with Crippen LogP contribution in [0.1, 0.15) is 18.4 Å². The number of aliphatic imine (C=N–C) groups is 1. The van der Waals surface area contributed by atoms with Crippen LogP contribution in [-0.2, 0) is 10.0 Å². The zero-order valence-electron chi connectivity index (χ0n) is 9.18. The first-order valence-electron chi connectivity index (χ1n) is 5.49. The summed E-state index contributed by atoms with van der Waals surface area (Å²) in [6, 6.07) is 6.86. The van der Waals surface area contributed by atoms with Crippen molar-refractivity contribution in [3.63, 3.8) is 0 Å². The monoisotopic (exact) mass is 251 g/mol. The SMILES string of the molecule is NCC1(N=C2NS(=O)(=O)c3ccccc32)CC1. The fourth-order valence-electron chi connectivity index (χ4n) is 1.96. The molecular weight excluding hydrogens is 238 g/mol. The number of rotatable bonds is 2. The summed E-state index contributed by atoms with van der Waals surface area (Å²) in [5, 5.41) is 0. The summed E-state index contributed by atoms with van der Waals surface area (Å²) in [4.78, 5) is 4.77. The van der Waals surface area contributed by atoms with Crippen molar-refractivity contribution in [2.75, 3.05) is 6.54 Å². The van der Waals surface area contributed by atoms with Gasteiger partial charge >= 0.3 is 0 Å². The van der Waals surface area contributed by atoms with Crippen LogP contribution in [0.5, 0.6) is 0 Å². The highest BCUT2D eigenvalue weighted by atomic mass is 32.2. The van der Waals surface area contributed by atoms with E-state index in [1.165, 1.54) is 0 Å². The molecule has 3 N–H and O–H groups in total. The lowest BCUT2D eigenvalue weighted by Gasteiger charge is -2.07. The summed E-state index contributed by atoms with van der Waals surface area (Å²) >= 11 is 0. The first kappa shape index (κ1) is 10.7. The molecule has 0 saturated heterocycles. The van der Waals surface area contributed by atoms with Gasteiger partial charge in [-0.05, 0) is 25.0 Å². The molecule has 1 aromatic carbocycles. The van der Waals surface area contributed by atoms with E-state index in [0.29, 0.717) is 22.8 Å².